The standard InChI is InChI=1S/C12H15ClFN5OS2/c13-8-5-11(21-19-12-16-7-18-22-12)9(14)6-10(8)15-3-1-2-4-17-20/h5-7,15,17,20H,1-4H2,(H,16,18,19). The SMILES string of the molecule is ONCCCCNc1cc(F)c(SNc2ncns2)cc1Cl. The molecule has 0 radical (unpaired) electrons. The molecule has 10 heteroatoms. The molecule has 0 saturated heterocycles. The molecule has 0 atom stereocenters. The van der Waals surface area contributed by atoms with Crippen LogP contribution in [0.3, 0.4) is 0 Å². The highest BCUT2D eigenvalue weighted by molar-refractivity contribution is 8.00. The lowest BCUT2D eigenvalue weighted by molar-refractivity contribution is 0.165. The molecule has 0 unspecified atom stereocenters. The summed E-state index contributed by atoms with van der Waals surface area (Å²) in [4.78, 5) is 4.34. The fraction of sp³-hybridized carbons (Fsp3) is 0.333. The van der Waals surface area contributed by atoms with Gasteiger partial charge in [-0.25, -0.2) is 14.9 Å². The first kappa shape index (κ1) is 17.2. The van der Waals surface area contributed by atoms with E-state index in [1.54, 1.807) is 6.07 Å². The number of hydrogen-bond donors (Lipinski definition) is 4. The van der Waals surface area contributed by atoms with E-state index in [1.165, 1.54) is 23.9 Å². The number of nitrogens with zero attached hydrogens (tertiary/aromatic N) is 2. The van der Waals surface area contributed by atoms with Crippen LogP contribution in [0, 0.1) is 5.82 Å². The maximum atomic E-state index is 14.1. The molecule has 2 aromatic rings. The molecule has 0 aliphatic carbocycles. The maximum Gasteiger partial charge on any atom is 0.212 e. The van der Waals surface area contributed by atoms with Crippen LogP contribution in [-0.2, 0) is 0 Å². The Bertz CT molecular complexity index is 587. The van der Waals surface area contributed by atoms with Crippen molar-refractivity contribution in [2.24, 2.45) is 0 Å². The van der Waals surface area contributed by atoms with Gasteiger partial charge in [-0.05, 0) is 36.9 Å². The van der Waals surface area contributed by atoms with Crippen molar-refractivity contribution in [3.05, 3.63) is 29.3 Å². The minimum Gasteiger partial charge on any atom is -0.384 e. The predicted octanol–water partition coefficient (Wildman–Crippen LogP) is 3.62. The minimum absolute atomic E-state index is 0.369. The Labute approximate surface area is 140 Å². The summed E-state index contributed by atoms with van der Waals surface area (Å²) in [6.45, 7) is 1.17. The van der Waals surface area contributed by atoms with Crippen molar-refractivity contribution in [1.29, 1.82) is 0 Å². The Morgan fingerprint density at radius 2 is 2.14 bits per heavy atom. The van der Waals surface area contributed by atoms with E-state index in [2.05, 4.69) is 24.9 Å². The van der Waals surface area contributed by atoms with Gasteiger partial charge in [0.05, 0.1) is 15.6 Å². The second-order valence-electron chi connectivity index (χ2n) is 4.26. The molecule has 4 N–H and O–H groups in total. The average Bonchev–Trinajstić information content (AvgIpc) is 3.02. The molecule has 2 rings (SSSR count). The number of benzene rings is 1. The van der Waals surface area contributed by atoms with Gasteiger partial charge in [-0.15, -0.1) is 0 Å². The van der Waals surface area contributed by atoms with Gasteiger partial charge in [-0.2, -0.15) is 4.37 Å². The number of halogens is 2. The van der Waals surface area contributed by atoms with Crippen molar-refractivity contribution < 1.29 is 9.60 Å². The summed E-state index contributed by atoms with van der Waals surface area (Å²) in [5.41, 5.74) is 2.64. The molecule has 22 heavy (non-hydrogen) atoms. The van der Waals surface area contributed by atoms with E-state index in [0.29, 0.717) is 33.8 Å². The lowest BCUT2D eigenvalue weighted by Crippen LogP contribution is -2.11. The number of hydrogen-bond acceptors (Lipinski definition) is 8. The molecule has 1 aromatic carbocycles. The third-order valence-electron chi connectivity index (χ3n) is 2.66. The first-order valence-corrected chi connectivity index (χ1v) is 8.47. The van der Waals surface area contributed by atoms with E-state index in [1.807, 2.05) is 0 Å². The van der Waals surface area contributed by atoms with Crippen LogP contribution in [0.15, 0.2) is 23.4 Å². The highest BCUT2D eigenvalue weighted by Crippen LogP contribution is 2.31. The second-order valence-corrected chi connectivity index (χ2v) is 6.29. The van der Waals surface area contributed by atoms with E-state index in [0.717, 1.165) is 24.8 Å². The van der Waals surface area contributed by atoms with Crippen LogP contribution in [0.2, 0.25) is 5.02 Å². The van der Waals surface area contributed by atoms with Crippen molar-refractivity contribution in [1.82, 2.24) is 14.8 Å². The van der Waals surface area contributed by atoms with Crippen LogP contribution in [0.25, 0.3) is 0 Å². The zero-order valence-corrected chi connectivity index (χ0v) is 13.9. The van der Waals surface area contributed by atoms with E-state index in [-0.39, 0.29) is 5.82 Å². The van der Waals surface area contributed by atoms with Crippen LogP contribution < -0.4 is 15.5 Å². The molecule has 0 aliphatic heterocycles. The Morgan fingerprint density at radius 3 is 2.86 bits per heavy atom. The summed E-state index contributed by atoms with van der Waals surface area (Å²) in [5, 5.41) is 12.6. The molecule has 0 fully saturated rings. The van der Waals surface area contributed by atoms with E-state index in [4.69, 9.17) is 16.8 Å². The summed E-state index contributed by atoms with van der Waals surface area (Å²) in [6.07, 6.45) is 3.07. The Morgan fingerprint density at radius 1 is 1.32 bits per heavy atom. The van der Waals surface area contributed by atoms with Gasteiger partial charge in [0.1, 0.15) is 12.1 Å². The quantitative estimate of drug-likeness (QED) is 0.307. The summed E-state index contributed by atoms with van der Waals surface area (Å²) in [5.74, 6) is -0.369. The van der Waals surface area contributed by atoms with Crippen LogP contribution in [-0.4, -0.2) is 27.7 Å². The minimum atomic E-state index is -0.369. The molecule has 0 amide bonds. The molecule has 6 nitrogen and oxygen atoms in total. The van der Waals surface area contributed by atoms with Gasteiger partial charge in [0.15, 0.2) is 0 Å². The summed E-state index contributed by atoms with van der Waals surface area (Å²) in [6, 6.07) is 2.93. The molecule has 0 bridgehead atoms. The predicted molar refractivity (Wildman–Crippen MR) is 88.3 cm³/mol. The largest absolute Gasteiger partial charge is 0.384 e. The number of hydroxylamine groups is 1. The van der Waals surface area contributed by atoms with Crippen molar-refractivity contribution >= 4 is 45.9 Å². The molecule has 120 valence electrons. The van der Waals surface area contributed by atoms with Gasteiger partial charge in [-0.1, -0.05) is 11.6 Å². The zero-order chi connectivity index (χ0) is 15.8. The zero-order valence-electron chi connectivity index (χ0n) is 11.5. The van der Waals surface area contributed by atoms with Crippen LogP contribution in [0.5, 0.6) is 0 Å². The van der Waals surface area contributed by atoms with Crippen molar-refractivity contribution in [2.45, 2.75) is 17.7 Å². The van der Waals surface area contributed by atoms with Crippen LogP contribution in [0.4, 0.5) is 15.2 Å². The lowest BCUT2D eigenvalue weighted by atomic mass is 10.2. The Kier molecular flexibility index (Phi) is 7.13. The van der Waals surface area contributed by atoms with Gasteiger partial charge >= 0.3 is 0 Å². The number of unbranched alkanes of at least 4 members (excludes halogenated alkanes) is 1. The number of rotatable bonds is 9. The third-order valence-corrected chi connectivity index (χ3v) is 4.51. The monoisotopic (exact) mass is 363 g/mol. The van der Waals surface area contributed by atoms with Gasteiger partial charge in [0.25, 0.3) is 0 Å². The Balaban J connectivity index is 1.89. The fourth-order valence-electron chi connectivity index (χ4n) is 1.61. The van der Waals surface area contributed by atoms with Gasteiger partial charge in [0.2, 0.25) is 5.13 Å². The van der Waals surface area contributed by atoms with Crippen LogP contribution >= 0.6 is 35.1 Å². The summed E-state index contributed by atoms with van der Waals surface area (Å²) < 4.78 is 20.8. The molecular formula is C12H15ClFN5OS2. The van der Waals surface area contributed by atoms with Crippen molar-refractivity contribution in [2.75, 3.05) is 23.1 Å². The highest BCUT2D eigenvalue weighted by Gasteiger charge is 2.10. The summed E-state index contributed by atoms with van der Waals surface area (Å²) >= 11 is 8.44. The molecule has 1 aromatic heterocycles. The molecule has 0 saturated carbocycles. The van der Waals surface area contributed by atoms with Crippen LogP contribution in [0.1, 0.15) is 12.8 Å². The lowest BCUT2D eigenvalue weighted by Gasteiger charge is -2.11. The molecule has 1 heterocycles. The average molecular weight is 364 g/mol. The van der Waals surface area contributed by atoms with Gasteiger partial charge in [-0.3, -0.25) is 0 Å². The smallest absolute Gasteiger partial charge is 0.212 e. The molecule has 0 aliphatic rings. The first-order chi connectivity index (χ1) is 10.7. The summed E-state index contributed by atoms with van der Waals surface area (Å²) in [7, 11) is 0. The molecule has 0 spiro atoms. The van der Waals surface area contributed by atoms with E-state index in [9.17, 15) is 4.39 Å². The second kappa shape index (κ2) is 9.11. The number of anilines is 2. The normalized spacial score (nSPS) is 10.7. The highest BCUT2D eigenvalue weighted by atomic mass is 35.5. The Hall–Kier alpha value is -1.13. The first-order valence-electron chi connectivity index (χ1n) is 6.50. The van der Waals surface area contributed by atoms with Crippen molar-refractivity contribution in [3.63, 3.8) is 0 Å². The van der Waals surface area contributed by atoms with Gasteiger partial charge < -0.3 is 15.2 Å². The third kappa shape index (κ3) is 5.25. The number of nitrogens with one attached hydrogen (secondary N) is 3. The molecular weight excluding hydrogens is 349 g/mol. The maximum absolute atomic E-state index is 14.1. The topological polar surface area (TPSA) is 82.1 Å². The van der Waals surface area contributed by atoms with Crippen molar-refractivity contribution in [3.8, 4) is 0 Å². The fourth-order valence-corrected chi connectivity index (χ4v) is 3.05. The number of aromatic nitrogens is 2. The van der Waals surface area contributed by atoms with E-state index >= 15 is 0 Å². The van der Waals surface area contributed by atoms with E-state index < -0.39 is 0 Å². The van der Waals surface area contributed by atoms with Gasteiger partial charge in [0, 0.05) is 24.6 Å².